The summed E-state index contributed by atoms with van der Waals surface area (Å²) >= 11 is 1.31. The lowest BCUT2D eigenvalue weighted by Gasteiger charge is -2.13. The van der Waals surface area contributed by atoms with Gasteiger partial charge in [-0.1, -0.05) is 24.8 Å². The first kappa shape index (κ1) is 22.1. The molecule has 3 aromatic rings. The second-order valence-electron chi connectivity index (χ2n) is 6.72. The monoisotopic (exact) mass is 448 g/mol. The highest BCUT2D eigenvalue weighted by molar-refractivity contribution is 8.00. The van der Waals surface area contributed by atoms with Crippen molar-refractivity contribution in [2.45, 2.75) is 42.1 Å². The van der Waals surface area contributed by atoms with E-state index in [0.29, 0.717) is 28.7 Å². The number of rotatable bonds is 8. The minimum absolute atomic E-state index is 0.0107. The van der Waals surface area contributed by atoms with E-state index in [2.05, 4.69) is 10.3 Å². The van der Waals surface area contributed by atoms with Crippen LogP contribution in [0.15, 0.2) is 52.5 Å². The third-order valence-corrected chi connectivity index (χ3v) is 6.45. The number of nitrogens with one attached hydrogen (secondary N) is 1. The van der Waals surface area contributed by atoms with Crippen LogP contribution < -0.4 is 15.2 Å². The number of benzene rings is 2. The van der Waals surface area contributed by atoms with Gasteiger partial charge in [0.15, 0.2) is 5.16 Å². The van der Waals surface area contributed by atoms with Gasteiger partial charge in [0.1, 0.15) is 5.75 Å². The molecule has 1 atom stereocenters. The normalized spacial score (nSPS) is 12.7. The number of ether oxygens (including phenoxy) is 1. The van der Waals surface area contributed by atoms with Gasteiger partial charge in [-0.2, -0.15) is 0 Å². The summed E-state index contributed by atoms with van der Waals surface area (Å²) in [5, 5.41) is 8.33. The number of nitrogens with zero attached hydrogens (tertiary/aromatic N) is 2. The Bertz CT molecular complexity index is 1170. The highest BCUT2D eigenvalue weighted by Gasteiger charge is 2.20. The number of primary sulfonamides is 1. The van der Waals surface area contributed by atoms with Crippen molar-refractivity contribution in [2.75, 3.05) is 12.4 Å². The van der Waals surface area contributed by atoms with Gasteiger partial charge in [-0.05, 0) is 43.7 Å². The summed E-state index contributed by atoms with van der Waals surface area (Å²) in [5.41, 5.74) is 1.97. The number of aromatic nitrogens is 2. The molecular weight excluding hydrogens is 424 g/mol. The van der Waals surface area contributed by atoms with Crippen LogP contribution in [0.25, 0.3) is 11.0 Å². The van der Waals surface area contributed by atoms with Crippen molar-refractivity contribution < 1.29 is 17.9 Å². The molecule has 10 heteroatoms. The number of hydrogen-bond acceptors (Lipinski definition) is 6. The third kappa shape index (κ3) is 4.94. The van der Waals surface area contributed by atoms with Gasteiger partial charge in [-0.3, -0.25) is 4.79 Å². The first-order chi connectivity index (χ1) is 14.2. The molecule has 0 saturated carbocycles. The maximum atomic E-state index is 12.7. The molecular formula is C20H24N4O4S2. The van der Waals surface area contributed by atoms with E-state index in [-0.39, 0.29) is 10.8 Å². The van der Waals surface area contributed by atoms with Crippen molar-refractivity contribution in [2.24, 2.45) is 5.14 Å². The van der Waals surface area contributed by atoms with Crippen LogP contribution in [-0.4, -0.2) is 36.2 Å². The van der Waals surface area contributed by atoms with E-state index < -0.39 is 15.3 Å². The molecule has 0 bridgehead atoms. The van der Waals surface area contributed by atoms with Crippen LogP contribution in [0, 0.1) is 0 Å². The van der Waals surface area contributed by atoms with Gasteiger partial charge in [-0.15, -0.1) is 0 Å². The second-order valence-corrected chi connectivity index (χ2v) is 9.59. The van der Waals surface area contributed by atoms with Gasteiger partial charge in [-0.25, -0.2) is 18.5 Å². The van der Waals surface area contributed by atoms with Gasteiger partial charge in [0.25, 0.3) is 0 Å². The Hall–Kier alpha value is -2.56. The highest BCUT2D eigenvalue weighted by Crippen LogP contribution is 2.29. The van der Waals surface area contributed by atoms with Crippen LogP contribution in [0.4, 0.5) is 5.69 Å². The number of hydrogen-bond donors (Lipinski definition) is 2. The number of methoxy groups -OCH3 is 1. The molecule has 0 radical (unpaired) electrons. The van der Waals surface area contributed by atoms with Crippen molar-refractivity contribution in [1.29, 1.82) is 0 Å². The lowest BCUT2D eigenvalue weighted by atomic mass is 10.3. The molecule has 0 saturated heterocycles. The molecule has 1 amide bonds. The van der Waals surface area contributed by atoms with Crippen LogP contribution in [0.2, 0.25) is 0 Å². The minimum Gasteiger partial charge on any atom is -0.497 e. The van der Waals surface area contributed by atoms with Crippen molar-refractivity contribution in [3.05, 3.63) is 42.5 Å². The topological polar surface area (TPSA) is 116 Å². The van der Waals surface area contributed by atoms with Crippen LogP contribution in [0.3, 0.4) is 0 Å². The Balaban J connectivity index is 1.85. The van der Waals surface area contributed by atoms with E-state index in [4.69, 9.17) is 9.88 Å². The van der Waals surface area contributed by atoms with Gasteiger partial charge in [0, 0.05) is 18.3 Å². The summed E-state index contributed by atoms with van der Waals surface area (Å²) in [5.74, 6) is 0.483. The Labute approximate surface area is 179 Å². The molecule has 0 aliphatic heterocycles. The van der Waals surface area contributed by atoms with Crippen molar-refractivity contribution in [1.82, 2.24) is 9.55 Å². The fourth-order valence-corrected chi connectivity index (χ4v) is 4.43. The maximum absolute atomic E-state index is 12.7. The molecule has 1 unspecified atom stereocenters. The fourth-order valence-electron chi connectivity index (χ4n) is 2.95. The summed E-state index contributed by atoms with van der Waals surface area (Å²) < 4.78 is 30.5. The standard InChI is InChI=1S/C20H24N4O4S2/c1-4-10-24-18-9-8-16(30(21,26)27)12-17(18)23-20(24)29-13(2)19(25)22-14-6-5-7-15(11-14)28-3/h5-9,11-13H,4,10H2,1-3H3,(H,22,25)(H2,21,26,27). The molecule has 30 heavy (non-hydrogen) atoms. The van der Waals surface area contributed by atoms with E-state index in [9.17, 15) is 13.2 Å². The van der Waals surface area contributed by atoms with Crippen LogP contribution in [-0.2, 0) is 21.4 Å². The Morgan fingerprint density at radius 2 is 2.07 bits per heavy atom. The van der Waals surface area contributed by atoms with E-state index in [0.717, 1.165) is 11.9 Å². The van der Waals surface area contributed by atoms with E-state index >= 15 is 0 Å². The summed E-state index contributed by atoms with van der Waals surface area (Å²) in [4.78, 5) is 17.3. The smallest absolute Gasteiger partial charge is 0.238 e. The molecule has 2 aromatic carbocycles. The number of carbonyl (C=O) groups is 1. The molecule has 1 aromatic heterocycles. The van der Waals surface area contributed by atoms with E-state index in [1.165, 1.54) is 23.9 Å². The van der Waals surface area contributed by atoms with Gasteiger partial charge < -0.3 is 14.6 Å². The van der Waals surface area contributed by atoms with Gasteiger partial charge in [0.2, 0.25) is 15.9 Å². The molecule has 3 rings (SSSR count). The zero-order valence-electron chi connectivity index (χ0n) is 17.0. The Morgan fingerprint density at radius 1 is 1.30 bits per heavy atom. The average molecular weight is 449 g/mol. The second kappa shape index (κ2) is 9.07. The number of nitrogens with two attached hydrogens (primary N) is 1. The van der Waals surface area contributed by atoms with Crippen molar-refractivity contribution >= 4 is 44.4 Å². The Kier molecular flexibility index (Phi) is 6.69. The molecule has 0 spiro atoms. The number of anilines is 1. The molecule has 8 nitrogen and oxygen atoms in total. The summed E-state index contributed by atoms with van der Waals surface area (Å²) in [7, 11) is -2.25. The van der Waals surface area contributed by atoms with E-state index in [1.807, 2.05) is 11.5 Å². The first-order valence-electron chi connectivity index (χ1n) is 9.37. The average Bonchev–Trinajstić information content (AvgIpc) is 3.04. The number of thioether (sulfide) groups is 1. The fraction of sp³-hybridized carbons (Fsp3) is 0.300. The zero-order valence-corrected chi connectivity index (χ0v) is 18.6. The maximum Gasteiger partial charge on any atom is 0.238 e. The van der Waals surface area contributed by atoms with E-state index in [1.54, 1.807) is 44.4 Å². The number of aryl methyl sites for hydroxylation is 1. The van der Waals surface area contributed by atoms with Crippen molar-refractivity contribution in [3.8, 4) is 5.75 Å². The van der Waals surface area contributed by atoms with Gasteiger partial charge in [0.05, 0.1) is 28.3 Å². The predicted octanol–water partition coefficient (Wildman–Crippen LogP) is 3.22. The molecule has 1 heterocycles. The Morgan fingerprint density at radius 3 is 2.73 bits per heavy atom. The van der Waals surface area contributed by atoms with Crippen LogP contribution >= 0.6 is 11.8 Å². The molecule has 3 N–H and O–H groups in total. The summed E-state index contributed by atoms with van der Waals surface area (Å²) in [6, 6.07) is 11.8. The number of imidazole rings is 1. The quantitative estimate of drug-likeness (QED) is 0.511. The summed E-state index contributed by atoms with van der Waals surface area (Å²) in [6.45, 7) is 4.53. The van der Waals surface area contributed by atoms with Crippen molar-refractivity contribution in [3.63, 3.8) is 0 Å². The summed E-state index contributed by atoms with van der Waals surface area (Å²) in [6.07, 6.45) is 0.861. The molecule has 160 valence electrons. The highest BCUT2D eigenvalue weighted by atomic mass is 32.2. The minimum atomic E-state index is -3.82. The van der Waals surface area contributed by atoms with Crippen LogP contribution in [0.1, 0.15) is 20.3 Å². The number of fused-ring (bicyclic) bond motifs is 1. The first-order valence-corrected chi connectivity index (χ1v) is 11.8. The molecule has 0 fully saturated rings. The predicted molar refractivity (Wildman–Crippen MR) is 118 cm³/mol. The third-order valence-electron chi connectivity index (χ3n) is 4.45. The van der Waals surface area contributed by atoms with Crippen LogP contribution in [0.5, 0.6) is 5.75 Å². The SMILES string of the molecule is CCCn1c(SC(C)C(=O)Nc2cccc(OC)c2)nc2cc(S(N)(=O)=O)ccc21. The number of amides is 1. The zero-order chi connectivity index (χ0) is 21.9. The molecule has 0 aliphatic rings. The lowest BCUT2D eigenvalue weighted by Crippen LogP contribution is -2.23. The number of sulfonamides is 1. The van der Waals surface area contributed by atoms with Gasteiger partial charge >= 0.3 is 0 Å². The lowest BCUT2D eigenvalue weighted by molar-refractivity contribution is -0.115. The molecule has 0 aliphatic carbocycles. The number of carbonyl (C=O) groups excluding carboxylic acids is 1. The largest absolute Gasteiger partial charge is 0.497 e.